The van der Waals surface area contributed by atoms with Crippen molar-refractivity contribution in [1.29, 1.82) is 0 Å². The van der Waals surface area contributed by atoms with Crippen molar-refractivity contribution in [2.45, 2.75) is 19.4 Å². The predicted molar refractivity (Wildman–Crippen MR) is 165 cm³/mol. The van der Waals surface area contributed by atoms with Gasteiger partial charge in [0.25, 0.3) is 17.7 Å². The summed E-state index contributed by atoms with van der Waals surface area (Å²) < 4.78 is 0. The minimum absolute atomic E-state index is 0.0885. The van der Waals surface area contributed by atoms with Gasteiger partial charge in [0.1, 0.15) is 0 Å². The van der Waals surface area contributed by atoms with Crippen molar-refractivity contribution in [1.82, 2.24) is 15.2 Å². The van der Waals surface area contributed by atoms with Gasteiger partial charge in [-0.15, -0.1) is 11.3 Å². The molecule has 220 valence electrons. The second kappa shape index (κ2) is 13.3. The normalized spacial score (nSPS) is 13.7. The summed E-state index contributed by atoms with van der Waals surface area (Å²) in [7, 11) is 0. The summed E-state index contributed by atoms with van der Waals surface area (Å²) in [4.78, 5) is 59.7. The molecule has 0 bridgehead atoms. The van der Waals surface area contributed by atoms with Gasteiger partial charge >= 0.3 is 5.97 Å². The fourth-order valence-electron chi connectivity index (χ4n) is 4.98. The van der Waals surface area contributed by atoms with Crippen LogP contribution in [0.3, 0.4) is 0 Å². The minimum Gasteiger partial charge on any atom is -0.481 e. The number of carboxylic acid groups (broad SMARTS) is 1. The Hall–Kier alpha value is -5.03. The highest BCUT2D eigenvalue weighted by Crippen LogP contribution is 2.30. The molecule has 11 heteroatoms. The van der Waals surface area contributed by atoms with Gasteiger partial charge in [0.15, 0.2) is 0 Å². The lowest BCUT2D eigenvalue weighted by atomic mass is 10.1. The molecular weight excluding hydrogens is 566 g/mol. The number of hydrogen-bond acceptors (Lipinski definition) is 7. The van der Waals surface area contributed by atoms with Crippen LogP contribution >= 0.6 is 11.3 Å². The van der Waals surface area contributed by atoms with Crippen molar-refractivity contribution in [2.24, 2.45) is 0 Å². The van der Waals surface area contributed by atoms with Crippen LogP contribution in [0.25, 0.3) is 0 Å². The third-order valence-corrected chi connectivity index (χ3v) is 8.16. The van der Waals surface area contributed by atoms with Crippen LogP contribution in [-0.4, -0.2) is 64.9 Å². The van der Waals surface area contributed by atoms with Crippen LogP contribution in [0.1, 0.15) is 54.0 Å². The van der Waals surface area contributed by atoms with Crippen molar-refractivity contribution in [3.05, 3.63) is 112 Å². The van der Waals surface area contributed by atoms with E-state index in [1.54, 1.807) is 78.0 Å². The monoisotopic (exact) mass is 597 g/mol. The zero-order chi connectivity index (χ0) is 30.3. The van der Waals surface area contributed by atoms with Gasteiger partial charge in [-0.25, -0.2) is 0 Å². The number of carbonyl (C=O) groups excluding carboxylic acids is 3. The molecule has 2 aromatic heterocycles. The van der Waals surface area contributed by atoms with Crippen LogP contribution in [0, 0.1) is 6.92 Å². The first-order chi connectivity index (χ1) is 20.8. The van der Waals surface area contributed by atoms with Crippen LogP contribution in [0.4, 0.5) is 11.4 Å². The quantitative estimate of drug-likeness (QED) is 0.257. The maximum Gasteiger partial charge on any atom is 0.305 e. The van der Waals surface area contributed by atoms with Crippen LogP contribution in [0.5, 0.6) is 0 Å². The summed E-state index contributed by atoms with van der Waals surface area (Å²) in [6.07, 6.45) is 2.92. The third kappa shape index (κ3) is 7.25. The molecule has 0 spiro atoms. The Morgan fingerprint density at radius 3 is 2.35 bits per heavy atom. The largest absolute Gasteiger partial charge is 0.481 e. The van der Waals surface area contributed by atoms with E-state index in [1.807, 2.05) is 18.4 Å². The van der Waals surface area contributed by atoms with Crippen molar-refractivity contribution >= 4 is 46.4 Å². The molecule has 3 N–H and O–H groups in total. The first-order valence-corrected chi connectivity index (χ1v) is 14.7. The van der Waals surface area contributed by atoms with E-state index in [0.29, 0.717) is 48.7 Å². The number of carboxylic acids is 1. The number of aromatic nitrogens is 1. The zero-order valence-electron chi connectivity index (χ0n) is 23.5. The molecule has 0 radical (unpaired) electrons. The lowest BCUT2D eigenvalue weighted by Gasteiger charge is -2.37. The number of carbonyl (C=O) groups is 4. The number of nitrogens with zero attached hydrogens (tertiary/aromatic N) is 3. The Bertz CT molecular complexity index is 1620. The molecular formula is C32H31N5O5S. The summed E-state index contributed by atoms with van der Waals surface area (Å²) >= 11 is 1.37. The highest BCUT2D eigenvalue weighted by Gasteiger charge is 2.26. The number of hydrogen-bond donors (Lipinski definition) is 3. The van der Waals surface area contributed by atoms with Crippen molar-refractivity contribution < 1.29 is 24.3 Å². The van der Waals surface area contributed by atoms with Gasteiger partial charge in [-0.3, -0.25) is 24.2 Å². The van der Waals surface area contributed by atoms with Crippen LogP contribution < -0.4 is 15.5 Å². The number of anilines is 2. The molecule has 0 saturated carbocycles. The maximum absolute atomic E-state index is 13.3. The predicted octanol–water partition coefficient (Wildman–Crippen LogP) is 4.61. The molecule has 0 aliphatic carbocycles. The Morgan fingerprint density at radius 1 is 0.907 bits per heavy atom. The molecule has 5 rings (SSSR count). The van der Waals surface area contributed by atoms with Gasteiger partial charge in [0.05, 0.1) is 29.4 Å². The van der Waals surface area contributed by atoms with Crippen LogP contribution in [0.2, 0.25) is 0 Å². The van der Waals surface area contributed by atoms with Gasteiger partial charge in [0, 0.05) is 54.6 Å². The number of rotatable bonds is 9. The number of pyridine rings is 1. The van der Waals surface area contributed by atoms with E-state index in [0.717, 1.165) is 10.4 Å². The Balaban J connectivity index is 1.38. The van der Waals surface area contributed by atoms with E-state index < -0.39 is 17.9 Å². The average molecular weight is 598 g/mol. The van der Waals surface area contributed by atoms with E-state index in [9.17, 15) is 24.3 Å². The summed E-state index contributed by atoms with van der Waals surface area (Å²) in [5, 5.41) is 17.0. The fraction of sp³-hybridized carbons (Fsp3) is 0.219. The number of amides is 3. The van der Waals surface area contributed by atoms with E-state index in [4.69, 9.17) is 0 Å². The summed E-state index contributed by atoms with van der Waals surface area (Å²) in [6, 6.07) is 18.6. The first-order valence-electron chi connectivity index (χ1n) is 13.8. The highest BCUT2D eigenvalue weighted by atomic mass is 32.1. The third-order valence-electron chi connectivity index (χ3n) is 7.17. The van der Waals surface area contributed by atoms with Gasteiger partial charge in [-0.2, -0.15) is 0 Å². The fourth-order valence-corrected chi connectivity index (χ4v) is 5.76. The van der Waals surface area contributed by atoms with E-state index in [1.165, 1.54) is 11.3 Å². The second-order valence-corrected chi connectivity index (χ2v) is 11.2. The number of benzene rings is 2. The number of aliphatic carboxylic acids is 1. The lowest BCUT2D eigenvalue weighted by molar-refractivity contribution is -0.137. The number of aryl methyl sites for hydroxylation is 1. The van der Waals surface area contributed by atoms with Crippen LogP contribution in [0.15, 0.2) is 84.5 Å². The van der Waals surface area contributed by atoms with Gasteiger partial charge in [-0.05, 0) is 60.8 Å². The van der Waals surface area contributed by atoms with Crippen LogP contribution in [-0.2, 0) is 4.79 Å². The number of piperazine rings is 1. The summed E-state index contributed by atoms with van der Waals surface area (Å²) in [6.45, 7) is 3.88. The standard InChI is InChI=1S/C32H31N5O5S/c1-21-5-2-6-22(17-21)30(40)34-25-18-23(31(41)35-26(19-29(38)39)28-8-4-16-43-28)9-10-27(25)36-12-14-37(15-13-36)32(42)24-7-3-11-33-20-24/h2-11,16-18,20,26H,12-15,19H2,1H3,(H,34,40)(H,35,41)(H,38,39). The smallest absolute Gasteiger partial charge is 0.305 e. The van der Waals surface area contributed by atoms with Gasteiger partial charge in [-0.1, -0.05) is 23.8 Å². The molecule has 2 aromatic carbocycles. The first kappa shape index (κ1) is 29.5. The van der Waals surface area contributed by atoms with E-state index >= 15 is 0 Å². The molecule has 1 atom stereocenters. The molecule has 10 nitrogen and oxygen atoms in total. The number of nitrogens with one attached hydrogen (secondary N) is 2. The van der Waals surface area contributed by atoms with E-state index in [-0.39, 0.29) is 23.8 Å². The molecule has 3 heterocycles. The SMILES string of the molecule is Cc1cccc(C(=O)Nc2cc(C(=O)NC(CC(=O)O)c3cccs3)ccc2N2CCN(C(=O)c3cccnc3)CC2)c1. The Kier molecular flexibility index (Phi) is 9.11. The van der Waals surface area contributed by atoms with Crippen molar-refractivity contribution in [3.63, 3.8) is 0 Å². The highest BCUT2D eigenvalue weighted by molar-refractivity contribution is 7.10. The van der Waals surface area contributed by atoms with Gasteiger partial charge < -0.3 is 25.5 Å². The molecule has 1 fully saturated rings. The van der Waals surface area contributed by atoms with Crippen molar-refractivity contribution in [2.75, 3.05) is 36.4 Å². The summed E-state index contributed by atoms with van der Waals surface area (Å²) in [5.74, 6) is -1.89. The molecule has 1 saturated heterocycles. The number of thiophene rings is 1. The molecule has 1 aliphatic heterocycles. The molecule has 43 heavy (non-hydrogen) atoms. The molecule has 1 unspecified atom stereocenters. The molecule has 4 aromatic rings. The minimum atomic E-state index is -1.03. The Labute approximate surface area is 253 Å². The molecule has 1 aliphatic rings. The van der Waals surface area contributed by atoms with Crippen molar-refractivity contribution in [3.8, 4) is 0 Å². The zero-order valence-corrected chi connectivity index (χ0v) is 24.3. The summed E-state index contributed by atoms with van der Waals surface area (Å²) in [5.41, 5.74) is 3.38. The average Bonchev–Trinajstić information content (AvgIpc) is 3.56. The second-order valence-electron chi connectivity index (χ2n) is 10.2. The molecule has 3 amide bonds. The topological polar surface area (TPSA) is 132 Å². The lowest BCUT2D eigenvalue weighted by Crippen LogP contribution is -2.49. The maximum atomic E-state index is 13.3. The Morgan fingerprint density at radius 2 is 1.67 bits per heavy atom. The van der Waals surface area contributed by atoms with E-state index in [2.05, 4.69) is 20.5 Å². The van der Waals surface area contributed by atoms with Gasteiger partial charge in [0.2, 0.25) is 0 Å².